The summed E-state index contributed by atoms with van der Waals surface area (Å²) >= 11 is 0. The fourth-order valence-electron chi connectivity index (χ4n) is 1.28. The third kappa shape index (κ3) is 3.33. The average molecular weight is 154 g/mol. The molecule has 1 fully saturated rings. The Balaban J connectivity index is 2.14. The second-order valence-electron chi connectivity index (χ2n) is 2.79. The molecule has 0 aliphatic carbocycles. The van der Waals surface area contributed by atoms with Crippen molar-refractivity contribution in [3.05, 3.63) is 12.2 Å². The summed E-state index contributed by atoms with van der Waals surface area (Å²) in [6.07, 6.45) is 9.07. The summed E-state index contributed by atoms with van der Waals surface area (Å²) in [6, 6.07) is 0. The highest BCUT2D eigenvalue weighted by molar-refractivity contribution is 5.64. The molecule has 0 bridgehead atoms. The van der Waals surface area contributed by atoms with E-state index < -0.39 is 0 Å². The van der Waals surface area contributed by atoms with Gasteiger partial charge in [0.05, 0.1) is 6.10 Å². The standard InChI is InChI=1S/C9H14O2/c10-7-3-1-5-9-6-2-4-8-11-9/h1,3,7,9H,2,4-6,8H2/b3-1-. The van der Waals surface area contributed by atoms with Gasteiger partial charge in [0.2, 0.25) is 0 Å². The van der Waals surface area contributed by atoms with Crippen molar-refractivity contribution in [2.75, 3.05) is 6.61 Å². The van der Waals surface area contributed by atoms with Gasteiger partial charge in [-0.15, -0.1) is 0 Å². The van der Waals surface area contributed by atoms with Crippen LogP contribution in [0.1, 0.15) is 25.7 Å². The van der Waals surface area contributed by atoms with Crippen molar-refractivity contribution in [1.82, 2.24) is 0 Å². The van der Waals surface area contributed by atoms with Crippen LogP contribution < -0.4 is 0 Å². The lowest BCUT2D eigenvalue weighted by atomic mass is 10.1. The molecule has 1 saturated heterocycles. The Morgan fingerprint density at radius 1 is 1.45 bits per heavy atom. The highest BCUT2D eigenvalue weighted by atomic mass is 16.5. The van der Waals surface area contributed by atoms with E-state index in [0.29, 0.717) is 6.10 Å². The molecule has 0 aromatic rings. The third-order valence-electron chi connectivity index (χ3n) is 1.89. The minimum Gasteiger partial charge on any atom is -0.378 e. The zero-order valence-corrected chi connectivity index (χ0v) is 6.66. The van der Waals surface area contributed by atoms with E-state index in [2.05, 4.69) is 0 Å². The van der Waals surface area contributed by atoms with Crippen LogP contribution in [0.4, 0.5) is 0 Å². The van der Waals surface area contributed by atoms with Crippen molar-refractivity contribution >= 4 is 6.29 Å². The van der Waals surface area contributed by atoms with E-state index in [9.17, 15) is 4.79 Å². The van der Waals surface area contributed by atoms with Gasteiger partial charge in [-0.05, 0) is 31.8 Å². The van der Waals surface area contributed by atoms with Crippen molar-refractivity contribution in [1.29, 1.82) is 0 Å². The molecule has 0 amide bonds. The molecule has 0 saturated carbocycles. The van der Waals surface area contributed by atoms with Gasteiger partial charge in [-0.1, -0.05) is 6.08 Å². The number of carbonyl (C=O) groups is 1. The van der Waals surface area contributed by atoms with Crippen LogP contribution >= 0.6 is 0 Å². The van der Waals surface area contributed by atoms with Gasteiger partial charge in [0.15, 0.2) is 0 Å². The average Bonchev–Trinajstić information content (AvgIpc) is 2.07. The minimum atomic E-state index is 0.361. The number of hydrogen-bond acceptors (Lipinski definition) is 2. The van der Waals surface area contributed by atoms with Gasteiger partial charge in [0, 0.05) is 6.61 Å². The molecule has 1 heterocycles. The van der Waals surface area contributed by atoms with Crippen LogP contribution in [0.25, 0.3) is 0 Å². The number of ether oxygens (including phenoxy) is 1. The van der Waals surface area contributed by atoms with Crippen LogP contribution in [-0.4, -0.2) is 19.0 Å². The first-order valence-electron chi connectivity index (χ1n) is 4.15. The Bertz CT molecular complexity index is 134. The van der Waals surface area contributed by atoms with Crippen molar-refractivity contribution < 1.29 is 9.53 Å². The lowest BCUT2D eigenvalue weighted by molar-refractivity contribution is -0.104. The van der Waals surface area contributed by atoms with E-state index in [1.807, 2.05) is 6.08 Å². The highest BCUT2D eigenvalue weighted by Crippen LogP contribution is 2.15. The molecular formula is C9H14O2. The maximum Gasteiger partial charge on any atom is 0.142 e. The normalized spacial score (nSPS) is 25.6. The van der Waals surface area contributed by atoms with Gasteiger partial charge in [0.25, 0.3) is 0 Å². The van der Waals surface area contributed by atoms with E-state index in [1.165, 1.54) is 18.9 Å². The lowest BCUT2D eigenvalue weighted by Gasteiger charge is -2.20. The molecule has 62 valence electrons. The molecule has 0 radical (unpaired) electrons. The van der Waals surface area contributed by atoms with Crippen LogP contribution in [0, 0.1) is 0 Å². The van der Waals surface area contributed by atoms with E-state index in [4.69, 9.17) is 4.74 Å². The zero-order valence-electron chi connectivity index (χ0n) is 6.66. The van der Waals surface area contributed by atoms with Gasteiger partial charge in [-0.3, -0.25) is 4.79 Å². The highest BCUT2D eigenvalue weighted by Gasteiger charge is 2.10. The summed E-state index contributed by atoms with van der Waals surface area (Å²) in [4.78, 5) is 9.92. The quantitative estimate of drug-likeness (QED) is 0.457. The molecule has 1 aliphatic rings. The third-order valence-corrected chi connectivity index (χ3v) is 1.89. The zero-order chi connectivity index (χ0) is 7.94. The second-order valence-corrected chi connectivity index (χ2v) is 2.79. The van der Waals surface area contributed by atoms with Gasteiger partial charge >= 0.3 is 0 Å². The largest absolute Gasteiger partial charge is 0.378 e. The monoisotopic (exact) mass is 154 g/mol. The summed E-state index contributed by atoms with van der Waals surface area (Å²) in [6.45, 7) is 0.888. The van der Waals surface area contributed by atoms with Crippen LogP contribution in [0.15, 0.2) is 12.2 Å². The van der Waals surface area contributed by atoms with Crippen molar-refractivity contribution in [2.45, 2.75) is 31.8 Å². The Hall–Kier alpha value is -0.630. The molecule has 1 rings (SSSR count). The molecule has 0 aromatic carbocycles. The molecule has 0 N–H and O–H groups in total. The lowest BCUT2D eigenvalue weighted by Crippen LogP contribution is -2.17. The van der Waals surface area contributed by atoms with E-state index in [0.717, 1.165) is 25.7 Å². The predicted octanol–water partition coefficient (Wildman–Crippen LogP) is 1.70. The maximum absolute atomic E-state index is 9.92. The summed E-state index contributed by atoms with van der Waals surface area (Å²) in [5, 5.41) is 0. The van der Waals surface area contributed by atoms with E-state index in [1.54, 1.807) is 0 Å². The number of allylic oxidation sites excluding steroid dienone is 1. The van der Waals surface area contributed by atoms with Crippen molar-refractivity contribution in [3.8, 4) is 0 Å². The van der Waals surface area contributed by atoms with E-state index in [-0.39, 0.29) is 0 Å². The topological polar surface area (TPSA) is 26.3 Å². The first kappa shape index (κ1) is 8.47. The number of carbonyl (C=O) groups excluding carboxylic acids is 1. The molecular weight excluding hydrogens is 140 g/mol. The first-order valence-corrected chi connectivity index (χ1v) is 4.15. The Kier molecular flexibility index (Phi) is 3.91. The van der Waals surface area contributed by atoms with Crippen LogP contribution in [-0.2, 0) is 9.53 Å². The second kappa shape index (κ2) is 5.08. The van der Waals surface area contributed by atoms with Gasteiger partial charge < -0.3 is 4.74 Å². The summed E-state index contributed by atoms with van der Waals surface area (Å²) in [7, 11) is 0. The molecule has 0 spiro atoms. The minimum absolute atomic E-state index is 0.361. The van der Waals surface area contributed by atoms with Crippen molar-refractivity contribution in [2.24, 2.45) is 0 Å². The van der Waals surface area contributed by atoms with Crippen LogP contribution in [0.2, 0.25) is 0 Å². The number of hydrogen-bond donors (Lipinski definition) is 0. The SMILES string of the molecule is O=C/C=C\CC1CCCCO1. The van der Waals surface area contributed by atoms with Crippen LogP contribution in [0.5, 0.6) is 0 Å². The van der Waals surface area contributed by atoms with Gasteiger partial charge in [-0.2, -0.15) is 0 Å². The molecule has 2 heteroatoms. The van der Waals surface area contributed by atoms with Crippen LogP contribution in [0.3, 0.4) is 0 Å². The fourth-order valence-corrected chi connectivity index (χ4v) is 1.28. The number of aldehydes is 1. The molecule has 1 unspecified atom stereocenters. The molecule has 1 atom stereocenters. The Labute approximate surface area is 67.2 Å². The molecule has 11 heavy (non-hydrogen) atoms. The molecule has 1 aliphatic heterocycles. The fraction of sp³-hybridized carbons (Fsp3) is 0.667. The number of rotatable bonds is 3. The summed E-state index contributed by atoms with van der Waals surface area (Å²) in [5.41, 5.74) is 0. The summed E-state index contributed by atoms with van der Waals surface area (Å²) in [5.74, 6) is 0. The Morgan fingerprint density at radius 2 is 2.36 bits per heavy atom. The molecule has 2 nitrogen and oxygen atoms in total. The Morgan fingerprint density at radius 3 is 3.00 bits per heavy atom. The van der Waals surface area contributed by atoms with Gasteiger partial charge in [-0.25, -0.2) is 0 Å². The predicted molar refractivity (Wildman–Crippen MR) is 43.4 cm³/mol. The van der Waals surface area contributed by atoms with Gasteiger partial charge in [0.1, 0.15) is 6.29 Å². The first-order chi connectivity index (χ1) is 5.43. The van der Waals surface area contributed by atoms with Crippen molar-refractivity contribution in [3.63, 3.8) is 0 Å². The van der Waals surface area contributed by atoms with E-state index >= 15 is 0 Å². The smallest absolute Gasteiger partial charge is 0.142 e. The summed E-state index contributed by atoms with van der Waals surface area (Å²) < 4.78 is 5.46. The maximum atomic E-state index is 9.92. The molecule has 0 aromatic heterocycles.